The standard InChI is InChI=1S/C20H14ClFN2O/c21-17-5-1-13(2-6-17)19-11-24-10-15(4-8-20(24)23-19)14-3-7-18(22)16(9-14)12-25/h1-11,25H,12H2. The molecule has 2 aromatic heterocycles. The molecule has 124 valence electrons. The van der Waals surface area contributed by atoms with E-state index in [1.54, 1.807) is 12.1 Å². The van der Waals surface area contributed by atoms with Crippen LogP contribution in [0.3, 0.4) is 0 Å². The third-order valence-electron chi connectivity index (χ3n) is 4.14. The summed E-state index contributed by atoms with van der Waals surface area (Å²) in [5, 5.41) is 9.93. The van der Waals surface area contributed by atoms with Crippen LogP contribution in [0.1, 0.15) is 5.56 Å². The minimum Gasteiger partial charge on any atom is -0.392 e. The van der Waals surface area contributed by atoms with E-state index in [9.17, 15) is 9.50 Å². The summed E-state index contributed by atoms with van der Waals surface area (Å²) in [4.78, 5) is 4.62. The predicted octanol–water partition coefficient (Wildman–Crippen LogP) is 4.95. The zero-order chi connectivity index (χ0) is 17.4. The number of hydrogen-bond donors (Lipinski definition) is 1. The number of aliphatic hydroxyl groups is 1. The van der Waals surface area contributed by atoms with Crippen molar-refractivity contribution >= 4 is 17.2 Å². The highest BCUT2D eigenvalue weighted by Crippen LogP contribution is 2.25. The van der Waals surface area contributed by atoms with Crippen molar-refractivity contribution in [2.24, 2.45) is 0 Å². The SMILES string of the molecule is OCc1cc(-c2ccc3nc(-c4ccc(Cl)cc4)cn3c2)ccc1F. The van der Waals surface area contributed by atoms with E-state index in [0.29, 0.717) is 5.02 Å². The van der Waals surface area contributed by atoms with Gasteiger partial charge in [-0.1, -0.05) is 29.8 Å². The summed E-state index contributed by atoms with van der Waals surface area (Å²) < 4.78 is 15.5. The van der Waals surface area contributed by atoms with Crippen molar-refractivity contribution in [2.75, 3.05) is 0 Å². The number of benzene rings is 2. The monoisotopic (exact) mass is 352 g/mol. The number of aromatic nitrogens is 2. The van der Waals surface area contributed by atoms with Crippen LogP contribution in [0.5, 0.6) is 0 Å². The van der Waals surface area contributed by atoms with Crippen LogP contribution < -0.4 is 0 Å². The van der Waals surface area contributed by atoms with Crippen molar-refractivity contribution in [3.05, 3.63) is 83.4 Å². The van der Waals surface area contributed by atoms with Crippen LogP contribution in [0.25, 0.3) is 28.0 Å². The fourth-order valence-corrected chi connectivity index (χ4v) is 2.92. The van der Waals surface area contributed by atoms with Crippen LogP contribution in [0.15, 0.2) is 67.0 Å². The Morgan fingerprint density at radius 1 is 0.920 bits per heavy atom. The molecule has 0 unspecified atom stereocenters. The summed E-state index contributed by atoms with van der Waals surface area (Å²) in [7, 11) is 0. The highest BCUT2D eigenvalue weighted by molar-refractivity contribution is 6.30. The topological polar surface area (TPSA) is 37.5 Å². The minimum absolute atomic E-state index is 0.282. The third kappa shape index (κ3) is 3.02. The average molecular weight is 353 g/mol. The number of rotatable bonds is 3. The van der Waals surface area contributed by atoms with Crippen molar-refractivity contribution in [1.29, 1.82) is 0 Å². The van der Waals surface area contributed by atoms with Gasteiger partial charge >= 0.3 is 0 Å². The first kappa shape index (κ1) is 15.8. The Labute approximate surface area is 149 Å². The fraction of sp³-hybridized carbons (Fsp3) is 0.0500. The van der Waals surface area contributed by atoms with Gasteiger partial charge in [0.1, 0.15) is 11.5 Å². The lowest BCUT2D eigenvalue weighted by Gasteiger charge is -2.06. The van der Waals surface area contributed by atoms with Gasteiger partial charge in [0.2, 0.25) is 0 Å². The molecule has 0 aliphatic carbocycles. The number of imidazole rings is 1. The number of pyridine rings is 1. The lowest BCUT2D eigenvalue weighted by atomic mass is 10.0. The van der Waals surface area contributed by atoms with Crippen LogP contribution in [0.4, 0.5) is 4.39 Å². The first-order valence-corrected chi connectivity index (χ1v) is 8.16. The number of nitrogens with zero attached hydrogens (tertiary/aromatic N) is 2. The molecule has 2 heterocycles. The predicted molar refractivity (Wildman–Crippen MR) is 97.0 cm³/mol. The van der Waals surface area contributed by atoms with Gasteiger partial charge < -0.3 is 9.51 Å². The molecule has 2 aromatic carbocycles. The molecule has 1 N–H and O–H groups in total. The van der Waals surface area contributed by atoms with Gasteiger partial charge in [0.25, 0.3) is 0 Å². The Morgan fingerprint density at radius 2 is 1.64 bits per heavy atom. The van der Waals surface area contributed by atoms with E-state index in [2.05, 4.69) is 4.98 Å². The van der Waals surface area contributed by atoms with E-state index >= 15 is 0 Å². The number of fused-ring (bicyclic) bond motifs is 1. The number of halogens is 2. The Balaban J connectivity index is 1.76. The Hall–Kier alpha value is -2.69. The molecule has 0 bridgehead atoms. The summed E-state index contributed by atoms with van der Waals surface area (Å²) in [5.74, 6) is -0.403. The number of aliphatic hydroxyl groups excluding tert-OH is 1. The second-order valence-electron chi connectivity index (χ2n) is 5.78. The fourth-order valence-electron chi connectivity index (χ4n) is 2.80. The van der Waals surface area contributed by atoms with E-state index in [4.69, 9.17) is 11.6 Å². The van der Waals surface area contributed by atoms with Crippen LogP contribution >= 0.6 is 11.6 Å². The van der Waals surface area contributed by atoms with Gasteiger partial charge in [-0.15, -0.1) is 0 Å². The van der Waals surface area contributed by atoms with Crippen LogP contribution in [-0.4, -0.2) is 14.5 Å². The van der Waals surface area contributed by atoms with Gasteiger partial charge in [-0.2, -0.15) is 0 Å². The molecular formula is C20H14ClFN2O. The molecule has 0 aliphatic heterocycles. The molecule has 5 heteroatoms. The lowest BCUT2D eigenvalue weighted by Crippen LogP contribution is -1.91. The van der Waals surface area contributed by atoms with Crippen LogP contribution in [0.2, 0.25) is 5.02 Å². The molecule has 25 heavy (non-hydrogen) atoms. The molecule has 0 saturated carbocycles. The van der Waals surface area contributed by atoms with E-state index < -0.39 is 5.82 Å². The molecule has 0 radical (unpaired) electrons. The van der Waals surface area contributed by atoms with Crippen molar-refractivity contribution in [3.8, 4) is 22.4 Å². The zero-order valence-corrected chi connectivity index (χ0v) is 13.9. The van der Waals surface area contributed by atoms with Gasteiger partial charge in [-0.05, 0) is 47.5 Å². The molecule has 0 aliphatic rings. The quantitative estimate of drug-likeness (QED) is 0.566. The Morgan fingerprint density at radius 3 is 2.40 bits per heavy atom. The smallest absolute Gasteiger partial charge is 0.137 e. The normalized spacial score (nSPS) is 11.2. The minimum atomic E-state index is -0.403. The van der Waals surface area contributed by atoms with Crippen molar-refractivity contribution in [2.45, 2.75) is 6.61 Å². The summed E-state index contributed by atoms with van der Waals surface area (Å²) in [6.45, 7) is -0.326. The highest BCUT2D eigenvalue weighted by Gasteiger charge is 2.08. The second kappa shape index (κ2) is 6.31. The molecule has 0 saturated heterocycles. The van der Waals surface area contributed by atoms with E-state index in [1.807, 2.05) is 53.2 Å². The van der Waals surface area contributed by atoms with Gasteiger partial charge in [-0.25, -0.2) is 9.37 Å². The zero-order valence-electron chi connectivity index (χ0n) is 13.2. The molecule has 0 amide bonds. The lowest BCUT2D eigenvalue weighted by molar-refractivity contribution is 0.276. The molecular weight excluding hydrogens is 339 g/mol. The maximum absolute atomic E-state index is 13.6. The largest absolute Gasteiger partial charge is 0.392 e. The third-order valence-corrected chi connectivity index (χ3v) is 4.39. The van der Waals surface area contributed by atoms with Gasteiger partial charge in [0.05, 0.1) is 12.3 Å². The maximum Gasteiger partial charge on any atom is 0.137 e. The first-order valence-electron chi connectivity index (χ1n) is 7.78. The summed E-state index contributed by atoms with van der Waals surface area (Å²) in [6, 6.07) is 16.1. The molecule has 4 rings (SSSR count). The van der Waals surface area contributed by atoms with E-state index in [0.717, 1.165) is 28.0 Å². The molecule has 0 fully saturated rings. The highest BCUT2D eigenvalue weighted by atomic mass is 35.5. The summed E-state index contributed by atoms with van der Waals surface area (Å²) in [5.41, 5.74) is 4.70. The Bertz CT molecular complexity index is 1060. The number of hydrogen-bond acceptors (Lipinski definition) is 2. The molecule has 0 atom stereocenters. The average Bonchev–Trinajstić information content (AvgIpc) is 3.06. The van der Waals surface area contributed by atoms with Crippen LogP contribution in [-0.2, 0) is 6.61 Å². The van der Waals surface area contributed by atoms with E-state index in [1.165, 1.54) is 6.07 Å². The maximum atomic E-state index is 13.6. The molecule has 0 spiro atoms. The molecule has 3 nitrogen and oxygen atoms in total. The van der Waals surface area contributed by atoms with Gasteiger partial charge in [0.15, 0.2) is 0 Å². The van der Waals surface area contributed by atoms with Crippen LogP contribution in [0, 0.1) is 5.82 Å². The second-order valence-corrected chi connectivity index (χ2v) is 6.22. The summed E-state index contributed by atoms with van der Waals surface area (Å²) in [6.07, 6.45) is 3.88. The van der Waals surface area contributed by atoms with Crippen molar-refractivity contribution in [3.63, 3.8) is 0 Å². The summed E-state index contributed by atoms with van der Waals surface area (Å²) >= 11 is 5.93. The van der Waals surface area contributed by atoms with Gasteiger partial charge in [-0.3, -0.25) is 0 Å². The first-order chi connectivity index (χ1) is 12.1. The van der Waals surface area contributed by atoms with Crippen molar-refractivity contribution < 1.29 is 9.50 Å². The van der Waals surface area contributed by atoms with Gasteiger partial charge in [0, 0.05) is 28.5 Å². The van der Waals surface area contributed by atoms with Crippen molar-refractivity contribution in [1.82, 2.24) is 9.38 Å². The Kier molecular flexibility index (Phi) is 3.99. The molecule has 4 aromatic rings. The van der Waals surface area contributed by atoms with E-state index in [-0.39, 0.29) is 12.2 Å².